The number of hydrogen-bond acceptors (Lipinski definition) is 1. The van der Waals surface area contributed by atoms with Crippen LogP contribution < -0.4 is 4.57 Å². The zero-order valence-electron chi connectivity index (χ0n) is 12.6. The van der Waals surface area contributed by atoms with Crippen LogP contribution in [0.25, 0.3) is 0 Å². The summed E-state index contributed by atoms with van der Waals surface area (Å²) in [4.78, 5) is 14.7. The predicted molar refractivity (Wildman–Crippen MR) is 73.5 cm³/mol. The number of rotatable bonds is 3. The third-order valence-electron chi connectivity index (χ3n) is 3.39. The van der Waals surface area contributed by atoms with Gasteiger partial charge in [-0.25, -0.2) is 4.57 Å². The second kappa shape index (κ2) is 5.51. The second-order valence-electron chi connectivity index (χ2n) is 5.47. The van der Waals surface area contributed by atoms with Crippen LogP contribution in [0.3, 0.4) is 0 Å². The summed E-state index contributed by atoms with van der Waals surface area (Å²) in [5, 5.41) is 0. The summed E-state index contributed by atoms with van der Waals surface area (Å²) in [7, 11) is 1.97. The van der Waals surface area contributed by atoms with Gasteiger partial charge in [-0.15, -0.1) is 0 Å². The van der Waals surface area contributed by atoms with Gasteiger partial charge in [0.15, 0.2) is 11.9 Å². The van der Waals surface area contributed by atoms with Gasteiger partial charge in [-0.05, 0) is 40.2 Å². The molecule has 1 aromatic rings. The third-order valence-corrected chi connectivity index (χ3v) is 3.39. The first kappa shape index (κ1) is 14.7. The molecule has 0 aliphatic heterocycles. The molecule has 0 unspecified atom stereocenters. The summed E-state index contributed by atoms with van der Waals surface area (Å²) < 4.78 is 2.00. The molecule has 0 aliphatic rings. The Morgan fingerprint density at radius 1 is 1.17 bits per heavy atom. The molecule has 0 aliphatic carbocycles. The number of aryl methyl sites for hydroxylation is 2. The number of nitrogens with zero attached hydrogens (tertiary/aromatic N) is 2. The van der Waals surface area contributed by atoms with E-state index < -0.39 is 0 Å². The first-order chi connectivity index (χ1) is 8.27. The maximum Gasteiger partial charge on any atom is 0.260 e. The highest BCUT2D eigenvalue weighted by atomic mass is 16.2. The Labute approximate surface area is 110 Å². The van der Waals surface area contributed by atoms with Crippen molar-refractivity contribution >= 4 is 5.91 Å². The Balaban J connectivity index is 3.29. The van der Waals surface area contributed by atoms with Gasteiger partial charge in [0.1, 0.15) is 12.6 Å². The highest BCUT2D eigenvalue weighted by Gasteiger charge is 2.27. The van der Waals surface area contributed by atoms with Crippen LogP contribution in [0.1, 0.15) is 49.3 Å². The van der Waals surface area contributed by atoms with Crippen molar-refractivity contribution in [1.29, 1.82) is 0 Å². The van der Waals surface area contributed by atoms with E-state index in [1.165, 1.54) is 0 Å². The van der Waals surface area contributed by atoms with Crippen molar-refractivity contribution in [2.24, 2.45) is 7.05 Å². The minimum atomic E-state index is 0.131. The monoisotopic (exact) mass is 249 g/mol. The Kier molecular flexibility index (Phi) is 4.49. The molecule has 0 aromatic carbocycles. The van der Waals surface area contributed by atoms with Gasteiger partial charge in [0.25, 0.3) is 5.91 Å². The number of carbonyl (C=O) groups is 1. The molecule has 0 N–H and O–H groups in total. The van der Waals surface area contributed by atoms with E-state index in [2.05, 4.69) is 27.7 Å². The molecular formula is C15H25N2O+. The summed E-state index contributed by atoms with van der Waals surface area (Å²) in [6, 6.07) is 2.42. The summed E-state index contributed by atoms with van der Waals surface area (Å²) in [5.41, 5.74) is 2.90. The SMILES string of the molecule is Cc1cc[n+](C)c(C)c1C(=O)N(C(C)C)C(C)C. The minimum absolute atomic E-state index is 0.131. The van der Waals surface area contributed by atoms with Crippen molar-refractivity contribution in [3.8, 4) is 0 Å². The van der Waals surface area contributed by atoms with E-state index >= 15 is 0 Å². The van der Waals surface area contributed by atoms with E-state index in [1.54, 1.807) is 0 Å². The van der Waals surface area contributed by atoms with E-state index in [0.717, 1.165) is 16.8 Å². The number of hydrogen-bond donors (Lipinski definition) is 0. The lowest BCUT2D eigenvalue weighted by Gasteiger charge is -2.31. The second-order valence-corrected chi connectivity index (χ2v) is 5.47. The molecule has 1 heterocycles. The third kappa shape index (κ3) is 2.71. The van der Waals surface area contributed by atoms with Gasteiger partial charge in [-0.3, -0.25) is 4.79 Å². The van der Waals surface area contributed by atoms with Crippen LogP contribution in [-0.4, -0.2) is 22.9 Å². The molecular weight excluding hydrogens is 224 g/mol. The van der Waals surface area contributed by atoms with Crippen molar-refractivity contribution in [3.63, 3.8) is 0 Å². The van der Waals surface area contributed by atoms with E-state index in [0.29, 0.717) is 0 Å². The van der Waals surface area contributed by atoms with Gasteiger partial charge >= 0.3 is 0 Å². The fourth-order valence-electron chi connectivity index (χ4n) is 2.40. The molecule has 3 nitrogen and oxygen atoms in total. The van der Waals surface area contributed by atoms with Crippen molar-refractivity contribution < 1.29 is 9.36 Å². The predicted octanol–water partition coefficient (Wildman–Crippen LogP) is 2.39. The Bertz CT molecular complexity index is 442. The first-order valence-corrected chi connectivity index (χ1v) is 6.55. The lowest BCUT2D eigenvalue weighted by atomic mass is 10.0. The van der Waals surface area contributed by atoms with Gasteiger partial charge in [0.05, 0.1) is 0 Å². The number of carbonyl (C=O) groups excluding carboxylic acids is 1. The smallest absolute Gasteiger partial charge is 0.260 e. The zero-order chi connectivity index (χ0) is 14.0. The van der Waals surface area contributed by atoms with Crippen molar-refractivity contribution in [3.05, 3.63) is 29.1 Å². The molecule has 100 valence electrons. The van der Waals surface area contributed by atoms with Crippen LogP contribution in [-0.2, 0) is 7.05 Å². The highest BCUT2D eigenvalue weighted by Crippen LogP contribution is 2.16. The van der Waals surface area contributed by atoms with Gasteiger partial charge < -0.3 is 4.90 Å². The quantitative estimate of drug-likeness (QED) is 0.755. The van der Waals surface area contributed by atoms with E-state index in [-0.39, 0.29) is 18.0 Å². The average Bonchev–Trinajstić information content (AvgIpc) is 2.23. The molecule has 1 aromatic heterocycles. The summed E-state index contributed by atoms with van der Waals surface area (Å²) in [5.74, 6) is 0.131. The van der Waals surface area contributed by atoms with Crippen LogP contribution in [0, 0.1) is 13.8 Å². The largest absolute Gasteiger partial charge is 0.334 e. The van der Waals surface area contributed by atoms with Crippen LogP contribution in [0.15, 0.2) is 12.3 Å². The molecule has 0 fully saturated rings. The lowest BCUT2D eigenvalue weighted by molar-refractivity contribution is -0.677. The minimum Gasteiger partial charge on any atom is -0.334 e. The van der Waals surface area contributed by atoms with Crippen molar-refractivity contribution in [2.45, 2.75) is 53.6 Å². The van der Waals surface area contributed by atoms with Crippen LogP contribution in [0.2, 0.25) is 0 Å². The van der Waals surface area contributed by atoms with Gasteiger partial charge in [-0.2, -0.15) is 0 Å². The first-order valence-electron chi connectivity index (χ1n) is 6.55. The average molecular weight is 249 g/mol. The molecule has 18 heavy (non-hydrogen) atoms. The number of aromatic nitrogens is 1. The molecule has 0 saturated heterocycles. The van der Waals surface area contributed by atoms with E-state index in [4.69, 9.17) is 0 Å². The summed E-state index contributed by atoms with van der Waals surface area (Å²) in [6.45, 7) is 12.2. The number of amides is 1. The molecule has 3 heteroatoms. The van der Waals surface area contributed by atoms with Gasteiger partial charge in [0, 0.05) is 25.1 Å². The van der Waals surface area contributed by atoms with Crippen LogP contribution >= 0.6 is 0 Å². The van der Waals surface area contributed by atoms with E-state index in [9.17, 15) is 4.79 Å². The van der Waals surface area contributed by atoms with Gasteiger partial charge in [0.2, 0.25) is 0 Å². The molecule has 0 atom stereocenters. The fourth-order valence-corrected chi connectivity index (χ4v) is 2.40. The summed E-state index contributed by atoms with van der Waals surface area (Å²) >= 11 is 0. The van der Waals surface area contributed by atoms with Crippen LogP contribution in [0.4, 0.5) is 0 Å². The van der Waals surface area contributed by atoms with Gasteiger partial charge in [-0.1, -0.05) is 0 Å². The maximum absolute atomic E-state index is 12.7. The normalized spacial score (nSPS) is 11.2. The molecule has 1 rings (SSSR count). The number of pyridine rings is 1. The molecule has 0 bridgehead atoms. The fraction of sp³-hybridized carbons (Fsp3) is 0.600. The maximum atomic E-state index is 12.7. The Morgan fingerprint density at radius 3 is 2.11 bits per heavy atom. The molecule has 0 radical (unpaired) electrons. The molecule has 1 amide bonds. The Morgan fingerprint density at radius 2 is 1.67 bits per heavy atom. The Hall–Kier alpha value is -1.38. The zero-order valence-corrected chi connectivity index (χ0v) is 12.6. The van der Waals surface area contributed by atoms with Crippen LogP contribution in [0.5, 0.6) is 0 Å². The van der Waals surface area contributed by atoms with Crippen molar-refractivity contribution in [1.82, 2.24) is 4.90 Å². The molecule has 0 saturated carbocycles. The van der Waals surface area contributed by atoms with E-state index in [1.807, 2.05) is 42.6 Å². The lowest BCUT2D eigenvalue weighted by Crippen LogP contribution is -2.44. The molecule has 0 spiro atoms. The summed E-state index contributed by atoms with van der Waals surface area (Å²) in [6.07, 6.45) is 2.00. The standard InChI is InChI=1S/C15H25N2O/c1-10(2)17(11(3)4)15(18)14-12(5)8-9-16(7)13(14)6/h8-11H,1-7H3/q+1. The van der Waals surface area contributed by atoms with Crippen molar-refractivity contribution in [2.75, 3.05) is 0 Å². The topological polar surface area (TPSA) is 24.2 Å². The highest BCUT2D eigenvalue weighted by molar-refractivity contribution is 5.96.